The summed E-state index contributed by atoms with van der Waals surface area (Å²) in [6.45, 7) is 5.07. The fraction of sp³-hybridized carbons (Fsp3) is 0.538. The van der Waals surface area contributed by atoms with Crippen molar-refractivity contribution in [3.63, 3.8) is 0 Å². The van der Waals surface area contributed by atoms with Gasteiger partial charge in [0.1, 0.15) is 0 Å². The summed E-state index contributed by atoms with van der Waals surface area (Å²) in [6, 6.07) is 1.67. The molecule has 0 saturated carbocycles. The maximum absolute atomic E-state index is 11.7. The number of nitrogen functional groups attached to an aromatic ring is 1. The van der Waals surface area contributed by atoms with E-state index in [0.29, 0.717) is 37.4 Å². The quantitative estimate of drug-likeness (QED) is 0.454. The first-order valence-corrected chi connectivity index (χ1v) is 9.39. The van der Waals surface area contributed by atoms with E-state index < -0.39 is 7.94 Å². The predicted molar refractivity (Wildman–Crippen MR) is 89.4 cm³/mol. The van der Waals surface area contributed by atoms with Gasteiger partial charge < -0.3 is 0 Å². The molecule has 0 aromatic carbocycles. The number of rotatable bonds is 9. The van der Waals surface area contributed by atoms with Gasteiger partial charge in [-0.3, -0.25) is 0 Å². The summed E-state index contributed by atoms with van der Waals surface area (Å²) >= 11 is 0. The Labute approximate surface area is 134 Å². The Morgan fingerprint density at radius 3 is 2.74 bits per heavy atom. The van der Waals surface area contributed by atoms with E-state index in [2.05, 4.69) is 9.97 Å². The van der Waals surface area contributed by atoms with Gasteiger partial charge in [0, 0.05) is 0 Å². The zero-order valence-electron chi connectivity index (χ0n) is 13.2. The monoisotopic (exact) mass is 346 g/mol. The number of ether oxygens (including phenoxy) is 1. The molecule has 0 amide bonds. The molecule has 0 bridgehead atoms. The summed E-state index contributed by atoms with van der Waals surface area (Å²) < 4.78 is 17.8. The number of anilines is 1. The van der Waals surface area contributed by atoms with Gasteiger partial charge in [0.2, 0.25) is 0 Å². The van der Waals surface area contributed by atoms with Gasteiger partial charge in [-0.2, -0.15) is 0 Å². The molecule has 4 N–H and O–H groups in total. The van der Waals surface area contributed by atoms with Crippen LogP contribution >= 0.6 is 7.94 Å². The van der Waals surface area contributed by atoms with Crippen LogP contribution in [0.25, 0.3) is 11.0 Å². The Balaban J connectivity index is 1.95. The van der Waals surface area contributed by atoms with E-state index in [-0.39, 0.29) is 17.9 Å². The van der Waals surface area contributed by atoms with Crippen LogP contribution in [0.1, 0.15) is 13.8 Å². The van der Waals surface area contributed by atoms with Crippen LogP contribution in [0, 0.1) is 0 Å². The molecular weight excluding hydrogens is 323 g/mol. The Hall–Kier alpha value is -1.51. The number of hydrogen-bond donors (Lipinski definition) is 3. The van der Waals surface area contributed by atoms with Gasteiger partial charge in [0.15, 0.2) is 0 Å². The van der Waals surface area contributed by atoms with Crippen molar-refractivity contribution in [2.45, 2.75) is 20.4 Å². The molecule has 0 aliphatic heterocycles. The summed E-state index contributed by atoms with van der Waals surface area (Å²) in [4.78, 5) is 28.5. The molecule has 2 aromatic heterocycles. The van der Waals surface area contributed by atoms with E-state index in [4.69, 9.17) is 19.5 Å². The molecule has 0 atom stereocenters. The van der Waals surface area contributed by atoms with Gasteiger partial charge in [-0.05, 0) is 0 Å². The first-order valence-electron chi connectivity index (χ1n) is 7.41. The fourth-order valence-electron chi connectivity index (χ4n) is 2.21. The molecule has 2 aromatic rings. The van der Waals surface area contributed by atoms with Gasteiger partial charge in [0.25, 0.3) is 0 Å². The Morgan fingerprint density at radius 2 is 2.09 bits per heavy atom. The van der Waals surface area contributed by atoms with Crippen molar-refractivity contribution in [1.29, 1.82) is 0 Å². The van der Waals surface area contributed by atoms with E-state index in [1.165, 1.54) is 0 Å². The van der Waals surface area contributed by atoms with Crippen LogP contribution in [0.5, 0.6) is 0 Å². The second-order valence-corrected chi connectivity index (χ2v) is 7.12. The number of aromatic nitrogens is 3. The minimum absolute atomic E-state index is 0.0179. The van der Waals surface area contributed by atoms with Gasteiger partial charge in [0.05, 0.1) is 0 Å². The van der Waals surface area contributed by atoms with Crippen molar-refractivity contribution in [3.8, 4) is 0 Å². The molecule has 0 spiro atoms. The molecular formula is C13H23N4O5P. The molecule has 0 aliphatic carbocycles. The third-order valence-corrected chi connectivity index (χ3v) is 5.20. The second kappa shape index (κ2) is 7.85. The van der Waals surface area contributed by atoms with Crippen molar-refractivity contribution in [1.82, 2.24) is 14.5 Å². The summed E-state index contributed by atoms with van der Waals surface area (Å²) in [5.41, 5.74) is 5.78. The minimum atomic E-state index is -3.27. The van der Waals surface area contributed by atoms with Crippen LogP contribution in [0.15, 0.2) is 17.1 Å². The third kappa shape index (κ3) is 4.49. The Kier molecular flexibility index (Phi) is 6.09. The summed E-state index contributed by atoms with van der Waals surface area (Å²) in [5, 5.41) is 0.466. The van der Waals surface area contributed by atoms with Crippen molar-refractivity contribution in [3.05, 3.63) is 22.6 Å². The molecule has 0 radical (unpaired) electrons. The molecule has 0 fully saturated rings. The van der Waals surface area contributed by atoms with E-state index >= 15 is 0 Å². The summed E-state index contributed by atoms with van der Waals surface area (Å²) in [7, 11) is -3.27. The zero-order valence-corrected chi connectivity index (χ0v) is 14.2. The zero-order chi connectivity index (χ0) is 16.9. The van der Waals surface area contributed by atoms with Crippen LogP contribution in [0.2, 0.25) is 0 Å². The Bertz CT molecular complexity index is 695. The first kappa shape index (κ1) is 17.8. The average molecular weight is 346 g/mol. The fourth-order valence-corrected chi connectivity index (χ4v) is 3.77. The van der Waals surface area contributed by atoms with Gasteiger partial charge in [-0.1, -0.05) is 0 Å². The molecule has 0 aliphatic rings. The maximum atomic E-state index is 11.7. The normalized spacial score (nSPS) is 12.8. The van der Waals surface area contributed by atoms with Crippen LogP contribution in [-0.4, -0.2) is 45.6 Å². The van der Waals surface area contributed by atoms with Gasteiger partial charge in [-0.15, -0.1) is 0 Å². The van der Waals surface area contributed by atoms with E-state index in [1.807, 2.05) is 0 Å². The van der Waals surface area contributed by atoms with Gasteiger partial charge >= 0.3 is 133 Å². The molecule has 2 heterocycles. The molecule has 2 rings (SSSR count). The molecule has 130 valence electrons. The summed E-state index contributed by atoms with van der Waals surface area (Å²) in [6.07, 6.45) is 1.76. The molecule has 0 unspecified atom stereocenters. The second-order valence-electron chi connectivity index (χ2n) is 4.83. The average Bonchev–Trinajstić information content (AvgIpc) is 2.87. The number of nitrogens with two attached hydrogens (primary N) is 1. The number of nitrogens with one attached hydrogen (secondary N) is 1. The van der Waals surface area contributed by atoms with Crippen LogP contribution in [0.4, 0.5) is 5.95 Å². The molecule has 0 saturated heterocycles. The molecule has 23 heavy (non-hydrogen) atoms. The molecule has 9 nitrogen and oxygen atoms in total. The number of H-pyrrole nitrogens is 1. The van der Waals surface area contributed by atoms with Crippen molar-refractivity contribution in [2.75, 3.05) is 31.9 Å². The topological polar surface area (TPSA) is 125 Å². The standard InChI is InChI=1S/C13H23N4O5P/c1-3-21-23(19,22-4-2)9-20-8-7-17-6-5-10-11(17)15-13(14)16-12(10)18/h5-6,19,23H,3-4,7-9H2,1-2H3,(H3,14,15,16,18). The number of nitrogens with zero attached hydrogens (tertiary/aromatic N) is 2. The third-order valence-electron chi connectivity index (χ3n) is 3.15. The van der Waals surface area contributed by atoms with E-state index in [9.17, 15) is 9.69 Å². The number of fused-ring (bicyclic) bond motifs is 1. The number of aromatic amines is 1. The molecule has 10 heteroatoms. The van der Waals surface area contributed by atoms with E-state index in [0.717, 1.165) is 0 Å². The summed E-state index contributed by atoms with van der Waals surface area (Å²) in [5.74, 6) is 0.0674. The van der Waals surface area contributed by atoms with Crippen LogP contribution in [-0.2, 0) is 20.3 Å². The van der Waals surface area contributed by atoms with Crippen molar-refractivity contribution >= 4 is 24.9 Å². The number of hydrogen-bond acceptors (Lipinski definition) is 7. The van der Waals surface area contributed by atoms with Crippen molar-refractivity contribution in [2.24, 2.45) is 0 Å². The van der Waals surface area contributed by atoms with Crippen LogP contribution in [0.3, 0.4) is 0 Å². The van der Waals surface area contributed by atoms with E-state index in [1.54, 1.807) is 30.7 Å². The predicted octanol–water partition coefficient (Wildman–Crippen LogP) is 0.841. The SMILES string of the molecule is CCO[PH](O)(COCCn1ccc2c(=O)[nH]c(N)nc21)OCC. The first-order chi connectivity index (χ1) is 11.0. The Morgan fingerprint density at radius 1 is 1.39 bits per heavy atom. The van der Waals surface area contributed by atoms with Crippen molar-refractivity contribution < 1.29 is 18.7 Å². The van der Waals surface area contributed by atoms with Gasteiger partial charge in [-0.25, -0.2) is 0 Å². The van der Waals surface area contributed by atoms with Crippen LogP contribution < -0.4 is 11.3 Å².